The molecule has 0 fully saturated rings. The van der Waals surface area contributed by atoms with Crippen molar-refractivity contribution in [2.45, 2.75) is 20.0 Å². The van der Waals surface area contributed by atoms with Gasteiger partial charge in [0.05, 0.1) is 11.8 Å². The second-order valence-electron chi connectivity index (χ2n) is 4.28. The topological polar surface area (TPSA) is 87.7 Å². The second-order valence-corrected chi connectivity index (χ2v) is 4.28. The maximum atomic E-state index is 13.9. The maximum Gasteiger partial charge on any atom is 0.165 e. The molecule has 19 heavy (non-hydrogen) atoms. The molecule has 0 spiro atoms. The summed E-state index contributed by atoms with van der Waals surface area (Å²) in [4.78, 5) is 0. The molecule has 6 heteroatoms. The standard InChI is InChI=1S/C13H13FN4O/c1-7(2)19-11-4-3-8(5-10(11)14)12-9(6-15)13(16)18-17-12/h3-5,7H,1-2H3,(H3,16,17,18). The van der Waals surface area contributed by atoms with Gasteiger partial charge in [0.1, 0.15) is 11.6 Å². The molecule has 1 heterocycles. The first-order chi connectivity index (χ1) is 9.02. The number of nitrogens with two attached hydrogens (primary N) is 1. The number of benzene rings is 1. The number of ether oxygens (including phenoxy) is 1. The highest BCUT2D eigenvalue weighted by molar-refractivity contribution is 5.72. The van der Waals surface area contributed by atoms with Crippen LogP contribution in [0.3, 0.4) is 0 Å². The number of anilines is 1. The molecule has 1 aromatic heterocycles. The molecule has 1 aromatic carbocycles. The Bertz CT molecular complexity index is 643. The van der Waals surface area contributed by atoms with E-state index >= 15 is 0 Å². The van der Waals surface area contributed by atoms with Gasteiger partial charge in [-0.2, -0.15) is 10.4 Å². The predicted molar refractivity (Wildman–Crippen MR) is 68.9 cm³/mol. The van der Waals surface area contributed by atoms with Gasteiger partial charge >= 0.3 is 0 Å². The molecular weight excluding hydrogens is 247 g/mol. The number of nitriles is 1. The highest BCUT2D eigenvalue weighted by Crippen LogP contribution is 2.28. The summed E-state index contributed by atoms with van der Waals surface area (Å²) < 4.78 is 19.2. The van der Waals surface area contributed by atoms with Crippen molar-refractivity contribution in [3.63, 3.8) is 0 Å². The fourth-order valence-corrected chi connectivity index (χ4v) is 1.68. The van der Waals surface area contributed by atoms with Crippen LogP contribution in [0.25, 0.3) is 11.3 Å². The van der Waals surface area contributed by atoms with Gasteiger partial charge in [0.25, 0.3) is 0 Å². The Morgan fingerprint density at radius 3 is 2.79 bits per heavy atom. The minimum absolute atomic E-state index is 0.0976. The van der Waals surface area contributed by atoms with Crippen molar-refractivity contribution in [3.8, 4) is 23.1 Å². The average Bonchev–Trinajstić information content (AvgIpc) is 2.72. The van der Waals surface area contributed by atoms with Gasteiger partial charge in [-0.3, -0.25) is 5.10 Å². The Kier molecular flexibility index (Phi) is 3.38. The lowest BCUT2D eigenvalue weighted by molar-refractivity contribution is 0.231. The van der Waals surface area contributed by atoms with Gasteiger partial charge in [0.2, 0.25) is 0 Å². The summed E-state index contributed by atoms with van der Waals surface area (Å²) >= 11 is 0. The summed E-state index contributed by atoms with van der Waals surface area (Å²) in [6.07, 6.45) is -0.113. The van der Waals surface area contributed by atoms with E-state index in [0.29, 0.717) is 11.3 Å². The Morgan fingerprint density at radius 2 is 2.21 bits per heavy atom. The highest BCUT2D eigenvalue weighted by Gasteiger charge is 2.14. The molecule has 98 valence electrons. The van der Waals surface area contributed by atoms with E-state index in [0.717, 1.165) is 0 Å². The molecule has 2 aromatic rings. The molecule has 0 saturated heterocycles. The van der Waals surface area contributed by atoms with E-state index in [9.17, 15) is 4.39 Å². The molecule has 0 aliphatic carbocycles. The second kappa shape index (κ2) is 4.98. The number of nitrogen functional groups attached to an aromatic ring is 1. The van der Waals surface area contributed by atoms with Crippen molar-refractivity contribution in [3.05, 3.63) is 29.6 Å². The van der Waals surface area contributed by atoms with Gasteiger partial charge in [0.15, 0.2) is 17.4 Å². The van der Waals surface area contributed by atoms with E-state index in [1.165, 1.54) is 12.1 Å². The molecule has 0 amide bonds. The number of rotatable bonds is 3. The summed E-state index contributed by atoms with van der Waals surface area (Å²) in [5.41, 5.74) is 6.64. The third kappa shape index (κ3) is 2.50. The highest BCUT2D eigenvalue weighted by atomic mass is 19.1. The Morgan fingerprint density at radius 1 is 1.47 bits per heavy atom. The number of aromatic amines is 1. The molecule has 0 unspecified atom stereocenters. The third-order valence-corrected chi connectivity index (χ3v) is 2.49. The molecule has 0 aliphatic heterocycles. The zero-order chi connectivity index (χ0) is 14.0. The SMILES string of the molecule is CC(C)Oc1ccc(-c2[nH]nc(N)c2C#N)cc1F. The molecule has 5 nitrogen and oxygen atoms in total. The van der Waals surface area contributed by atoms with Gasteiger partial charge in [-0.05, 0) is 32.0 Å². The molecule has 0 saturated carbocycles. The monoisotopic (exact) mass is 260 g/mol. The zero-order valence-corrected chi connectivity index (χ0v) is 10.6. The maximum absolute atomic E-state index is 13.9. The number of hydrogen-bond acceptors (Lipinski definition) is 4. The lowest BCUT2D eigenvalue weighted by Gasteiger charge is -2.11. The summed E-state index contributed by atoms with van der Waals surface area (Å²) in [6.45, 7) is 3.63. The number of H-pyrrole nitrogens is 1. The first-order valence-electron chi connectivity index (χ1n) is 5.73. The average molecular weight is 260 g/mol. The molecular formula is C13H13FN4O. The van der Waals surface area contributed by atoms with E-state index in [-0.39, 0.29) is 23.2 Å². The van der Waals surface area contributed by atoms with Crippen LogP contribution in [-0.2, 0) is 0 Å². The van der Waals surface area contributed by atoms with E-state index in [1.807, 2.05) is 19.9 Å². The normalized spacial score (nSPS) is 10.5. The third-order valence-electron chi connectivity index (χ3n) is 2.49. The van der Waals surface area contributed by atoms with Gasteiger partial charge in [-0.15, -0.1) is 0 Å². The molecule has 0 radical (unpaired) electrons. The summed E-state index contributed by atoms with van der Waals surface area (Å²) in [7, 11) is 0. The van der Waals surface area contributed by atoms with Gasteiger partial charge in [0, 0.05) is 5.56 Å². The van der Waals surface area contributed by atoms with Crippen molar-refractivity contribution in [1.29, 1.82) is 5.26 Å². The number of nitrogens with one attached hydrogen (secondary N) is 1. The van der Waals surface area contributed by atoms with Crippen molar-refractivity contribution in [2.75, 3.05) is 5.73 Å². The van der Waals surface area contributed by atoms with Gasteiger partial charge < -0.3 is 10.5 Å². The minimum Gasteiger partial charge on any atom is -0.488 e. The quantitative estimate of drug-likeness (QED) is 0.887. The molecule has 0 aliphatic rings. The van der Waals surface area contributed by atoms with Crippen LogP contribution < -0.4 is 10.5 Å². The Hall–Kier alpha value is -2.55. The largest absolute Gasteiger partial charge is 0.488 e. The molecule has 3 N–H and O–H groups in total. The zero-order valence-electron chi connectivity index (χ0n) is 10.6. The van der Waals surface area contributed by atoms with Crippen LogP contribution in [0, 0.1) is 17.1 Å². The van der Waals surface area contributed by atoms with Gasteiger partial charge in [-0.1, -0.05) is 0 Å². The van der Waals surface area contributed by atoms with Crippen LogP contribution in [0.2, 0.25) is 0 Å². The fraction of sp³-hybridized carbons (Fsp3) is 0.231. The Labute approximate surface area is 109 Å². The lowest BCUT2D eigenvalue weighted by Crippen LogP contribution is -2.06. The number of aromatic nitrogens is 2. The Balaban J connectivity index is 2.42. The molecule has 2 rings (SSSR count). The van der Waals surface area contributed by atoms with Crippen LogP contribution in [0.1, 0.15) is 19.4 Å². The van der Waals surface area contributed by atoms with E-state index in [1.54, 1.807) is 6.07 Å². The first kappa shape index (κ1) is 12.9. The van der Waals surface area contributed by atoms with Crippen LogP contribution in [0.15, 0.2) is 18.2 Å². The van der Waals surface area contributed by atoms with Crippen LogP contribution >= 0.6 is 0 Å². The van der Waals surface area contributed by atoms with Crippen molar-refractivity contribution >= 4 is 5.82 Å². The van der Waals surface area contributed by atoms with E-state index in [4.69, 9.17) is 15.7 Å². The number of hydrogen-bond donors (Lipinski definition) is 2. The van der Waals surface area contributed by atoms with Crippen LogP contribution in [-0.4, -0.2) is 16.3 Å². The predicted octanol–water partition coefficient (Wildman–Crippen LogP) is 2.46. The molecule has 0 atom stereocenters. The van der Waals surface area contributed by atoms with Crippen LogP contribution in [0.4, 0.5) is 10.2 Å². The first-order valence-corrected chi connectivity index (χ1v) is 5.73. The summed E-state index contributed by atoms with van der Waals surface area (Å²) in [5.74, 6) is -0.228. The summed E-state index contributed by atoms with van der Waals surface area (Å²) in [5, 5.41) is 15.3. The minimum atomic E-state index is -0.497. The van der Waals surface area contributed by atoms with Crippen molar-refractivity contribution < 1.29 is 9.13 Å². The number of nitrogens with zero attached hydrogens (tertiary/aromatic N) is 2. The fourth-order valence-electron chi connectivity index (χ4n) is 1.68. The smallest absolute Gasteiger partial charge is 0.165 e. The van der Waals surface area contributed by atoms with Crippen molar-refractivity contribution in [1.82, 2.24) is 10.2 Å². The van der Waals surface area contributed by atoms with Crippen LogP contribution in [0.5, 0.6) is 5.75 Å². The van der Waals surface area contributed by atoms with E-state index in [2.05, 4.69) is 10.2 Å². The van der Waals surface area contributed by atoms with Crippen molar-refractivity contribution in [2.24, 2.45) is 0 Å². The van der Waals surface area contributed by atoms with E-state index < -0.39 is 5.82 Å². The van der Waals surface area contributed by atoms with Gasteiger partial charge in [-0.25, -0.2) is 4.39 Å². The lowest BCUT2D eigenvalue weighted by atomic mass is 10.1. The number of halogens is 1. The summed E-state index contributed by atoms with van der Waals surface area (Å²) in [6, 6.07) is 6.38. The molecule has 0 bridgehead atoms.